The van der Waals surface area contributed by atoms with Gasteiger partial charge in [0.2, 0.25) is 0 Å². The molecule has 0 bridgehead atoms. The first-order valence-corrected chi connectivity index (χ1v) is 7.57. The van der Waals surface area contributed by atoms with Gasteiger partial charge in [-0.2, -0.15) is 5.10 Å². The number of methoxy groups -OCH3 is 1. The van der Waals surface area contributed by atoms with Gasteiger partial charge in [0.05, 0.1) is 31.2 Å². The lowest BCUT2D eigenvalue weighted by molar-refractivity contribution is 0.0697. The maximum absolute atomic E-state index is 10.8. The number of carboxylic acid groups (broad SMARTS) is 1. The summed E-state index contributed by atoms with van der Waals surface area (Å²) in [5.74, 6) is 0.398. The molecule has 0 unspecified atom stereocenters. The summed E-state index contributed by atoms with van der Waals surface area (Å²) in [5.41, 5.74) is 4.65. The van der Waals surface area contributed by atoms with Crippen molar-refractivity contribution in [2.75, 3.05) is 19.1 Å². The van der Waals surface area contributed by atoms with Crippen LogP contribution >= 0.6 is 0 Å². The van der Waals surface area contributed by atoms with Gasteiger partial charge in [-0.1, -0.05) is 6.92 Å². The molecule has 0 amide bonds. The average Bonchev–Trinajstić information content (AvgIpc) is 2.60. The molecule has 0 aromatic heterocycles. The summed E-state index contributed by atoms with van der Waals surface area (Å²) in [6, 6.07) is 11.9. The minimum atomic E-state index is -0.956. The van der Waals surface area contributed by atoms with Gasteiger partial charge >= 0.3 is 5.97 Å². The molecule has 6 heteroatoms. The second kappa shape index (κ2) is 8.57. The molecule has 0 saturated heterocycles. The topological polar surface area (TPSA) is 80.2 Å². The van der Waals surface area contributed by atoms with E-state index in [2.05, 4.69) is 10.5 Å². The van der Waals surface area contributed by atoms with E-state index in [1.165, 1.54) is 12.1 Å². The van der Waals surface area contributed by atoms with Gasteiger partial charge in [-0.3, -0.25) is 5.43 Å². The molecule has 0 aliphatic carbocycles. The quantitative estimate of drug-likeness (QED) is 0.571. The third-order valence-electron chi connectivity index (χ3n) is 3.19. The maximum Gasteiger partial charge on any atom is 0.335 e. The molecule has 2 aromatic rings. The van der Waals surface area contributed by atoms with Gasteiger partial charge in [-0.15, -0.1) is 0 Å². The van der Waals surface area contributed by atoms with Crippen molar-refractivity contribution in [3.05, 3.63) is 53.6 Å². The monoisotopic (exact) mass is 328 g/mol. The molecule has 2 N–H and O–H groups in total. The Labute approximate surface area is 140 Å². The third kappa shape index (κ3) is 4.74. The molecule has 0 spiro atoms. The van der Waals surface area contributed by atoms with Crippen molar-refractivity contribution in [2.24, 2.45) is 5.10 Å². The lowest BCUT2D eigenvalue weighted by atomic mass is 10.2. The van der Waals surface area contributed by atoms with Crippen molar-refractivity contribution in [3.8, 4) is 11.5 Å². The molecule has 0 atom stereocenters. The van der Waals surface area contributed by atoms with E-state index in [-0.39, 0.29) is 5.56 Å². The van der Waals surface area contributed by atoms with E-state index in [1.54, 1.807) is 25.5 Å². The molecular formula is C18H20N2O4. The second-order valence-electron chi connectivity index (χ2n) is 5.01. The number of benzene rings is 2. The van der Waals surface area contributed by atoms with Crippen LogP contribution in [0.15, 0.2) is 47.6 Å². The van der Waals surface area contributed by atoms with E-state index in [0.717, 1.165) is 12.0 Å². The van der Waals surface area contributed by atoms with E-state index in [1.807, 2.05) is 25.1 Å². The molecule has 0 heterocycles. The number of anilines is 1. The van der Waals surface area contributed by atoms with Crippen LogP contribution in [0, 0.1) is 0 Å². The Kier molecular flexibility index (Phi) is 6.19. The number of nitrogens with one attached hydrogen (secondary N) is 1. The SMILES string of the molecule is CCCOc1cc(/C=N\Nc2ccc(C(=O)O)cc2)ccc1OC. The van der Waals surface area contributed by atoms with Crippen LogP contribution in [0.1, 0.15) is 29.3 Å². The summed E-state index contributed by atoms with van der Waals surface area (Å²) < 4.78 is 10.9. The van der Waals surface area contributed by atoms with Crippen LogP contribution in [0.4, 0.5) is 5.69 Å². The Morgan fingerprint density at radius 1 is 1.21 bits per heavy atom. The lowest BCUT2D eigenvalue weighted by Crippen LogP contribution is -1.99. The number of carboxylic acids is 1. The van der Waals surface area contributed by atoms with E-state index in [9.17, 15) is 4.79 Å². The molecule has 0 aliphatic heterocycles. The number of rotatable bonds is 8. The van der Waals surface area contributed by atoms with Gasteiger partial charge in [-0.25, -0.2) is 4.79 Å². The zero-order valence-corrected chi connectivity index (χ0v) is 13.7. The molecule has 126 valence electrons. The lowest BCUT2D eigenvalue weighted by Gasteiger charge is -2.10. The third-order valence-corrected chi connectivity index (χ3v) is 3.19. The van der Waals surface area contributed by atoms with Gasteiger partial charge in [-0.05, 0) is 54.4 Å². The highest BCUT2D eigenvalue weighted by Gasteiger charge is 2.05. The first-order valence-electron chi connectivity index (χ1n) is 7.57. The fourth-order valence-electron chi connectivity index (χ4n) is 1.97. The number of hydrogen-bond acceptors (Lipinski definition) is 5. The van der Waals surface area contributed by atoms with Crippen LogP contribution in [0.25, 0.3) is 0 Å². The molecule has 0 aliphatic rings. The minimum Gasteiger partial charge on any atom is -0.493 e. The normalized spacial score (nSPS) is 10.6. The van der Waals surface area contributed by atoms with Gasteiger partial charge in [0, 0.05) is 0 Å². The minimum absolute atomic E-state index is 0.234. The number of carbonyl (C=O) groups is 1. The molecule has 24 heavy (non-hydrogen) atoms. The van der Waals surface area contributed by atoms with Crippen LogP contribution in [0.3, 0.4) is 0 Å². The van der Waals surface area contributed by atoms with Crippen molar-refractivity contribution >= 4 is 17.9 Å². The summed E-state index contributed by atoms with van der Waals surface area (Å²) in [6.07, 6.45) is 2.57. The molecule has 6 nitrogen and oxygen atoms in total. The predicted octanol–water partition coefficient (Wildman–Crippen LogP) is 3.63. The second-order valence-corrected chi connectivity index (χ2v) is 5.01. The largest absolute Gasteiger partial charge is 0.493 e. The van der Waals surface area contributed by atoms with Gasteiger partial charge in [0.15, 0.2) is 11.5 Å². The van der Waals surface area contributed by atoms with Crippen LogP contribution in [-0.2, 0) is 0 Å². The van der Waals surface area contributed by atoms with E-state index in [0.29, 0.717) is 23.8 Å². The van der Waals surface area contributed by atoms with Gasteiger partial charge < -0.3 is 14.6 Å². The number of nitrogens with zero attached hydrogens (tertiary/aromatic N) is 1. The highest BCUT2D eigenvalue weighted by atomic mass is 16.5. The van der Waals surface area contributed by atoms with Crippen molar-refractivity contribution in [1.29, 1.82) is 0 Å². The fourth-order valence-corrected chi connectivity index (χ4v) is 1.97. The Morgan fingerprint density at radius 2 is 1.96 bits per heavy atom. The summed E-state index contributed by atoms with van der Waals surface area (Å²) in [4.78, 5) is 10.8. The van der Waals surface area contributed by atoms with Crippen LogP contribution in [-0.4, -0.2) is 31.0 Å². The summed E-state index contributed by atoms with van der Waals surface area (Å²) >= 11 is 0. The maximum atomic E-state index is 10.8. The highest BCUT2D eigenvalue weighted by molar-refractivity contribution is 5.88. The highest BCUT2D eigenvalue weighted by Crippen LogP contribution is 2.27. The molecule has 2 aromatic carbocycles. The zero-order valence-electron chi connectivity index (χ0n) is 13.7. The van der Waals surface area contributed by atoms with Crippen molar-refractivity contribution in [2.45, 2.75) is 13.3 Å². The summed E-state index contributed by atoms with van der Waals surface area (Å²) in [7, 11) is 1.60. The molecule has 0 saturated carbocycles. The average molecular weight is 328 g/mol. The Bertz CT molecular complexity index is 711. The Hall–Kier alpha value is -3.02. The molecular weight excluding hydrogens is 308 g/mol. The smallest absolute Gasteiger partial charge is 0.335 e. The molecule has 0 radical (unpaired) electrons. The van der Waals surface area contributed by atoms with Gasteiger partial charge in [0.25, 0.3) is 0 Å². The molecule has 2 rings (SSSR count). The number of ether oxygens (including phenoxy) is 2. The zero-order chi connectivity index (χ0) is 17.4. The first-order chi connectivity index (χ1) is 11.6. The number of hydrazone groups is 1. The number of aromatic carboxylic acids is 1. The van der Waals surface area contributed by atoms with Gasteiger partial charge in [0.1, 0.15) is 0 Å². The van der Waals surface area contributed by atoms with Crippen LogP contribution in [0.5, 0.6) is 11.5 Å². The van der Waals surface area contributed by atoms with Crippen LogP contribution in [0.2, 0.25) is 0 Å². The fraction of sp³-hybridized carbons (Fsp3) is 0.222. The molecule has 0 fully saturated rings. The first kappa shape index (κ1) is 17.3. The van der Waals surface area contributed by atoms with E-state index >= 15 is 0 Å². The number of hydrogen-bond donors (Lipinski definition) is 2. The Balaban J connectivity index is 2.04. The van der Waals surface area contributed by atoms with Crippen molar-refractivity contribution in [1.82, 2.24) is 0 Å². The van der Waals surface area contributed by atoms with Crippen molar-refractivity contribution in [3.63, 3.8) is 0 Å². The summed E-state index contributed by atoms with van der Waals surface area (Å²) in [5, 5.41) is 13.0. The summed E-state index contributed by atoms with van der Waals surface area (Å²) in [6.45, 7) is 2.66. The van der Waals surface area contributed by atoms with E-state index in [4.69, 9.17) is 14.6 Å². The van der Waals surface area contributed by atoms with Crippen LogP contribution < -0.4 is 14.9 Å². The van der Waals surface area contributed by atoms with E-state index < -0.39 is 5.97 Å². The van der Waals surface area contributed by atoms with Crippen molar-refractivity contribution < 1.29 is 19.4 Å². The Morgan fingerprint density at radius 3 is 2.58 bits per heavy atom. The standard InChI is InChI=1S/C18H20N2O4/c1-3-10-24-17-11-13(4-9-16(17)23-2)12-19-20-15-7-5-14(6-8-15)18(21)22/h4-9,11-12,20H,3,10H2,1-2H3,(H,21,22)/b19-12-. The predicted molar refractivity (Wildman–Crippen MR) is 93.4 cm³/mol.